The lowest BCUT2D eigenvalue weighted by atomic mass is 9.80. The lowest BCUT2D eigenvalue weighted by Crippen LogP contribution is -2.28. The van der Waals surface area contributed by atoms with Gasteiger partial charge in [0.2, 0.25) is 0 Å². The van der Waals surface area contributed by atoms with E-state index < -0.39 is 11.4 Å². The van der Waals surface area contributed by atoms with Gasteiger partial charge in [-0.05, 0) is 19.3 Å². The quantitative estimate of drug-likeness (QED) is 0.657. The summed E-state index contributed by atoms with van der Waals surface area (Å²) in [7, 11) is 0. The predicted octanol–water partition coefficient (Wildman–Crippen LogP) is 2.29. The topological polar surface area (TPSA) is 37.3 Å². The summed E-state index contributed by atoms with van der Waals surface area (Å²) in [6, 6.07) is 0. The average molecular weight is 144 g/mol. The van der Waals surface area contributed by atoms with E-state index in [0.717, 1.165) is 19.3 Å². The van der Waals surface area contributed by atoms with Crippen LogP contribution in [0.25, 0.3) is 0 Å². The molecule has 10 heavy (non-hydrogen) atoms. The number of rotatable bonds is 4. The van der Waals surface area contributed by atoms with Crippen molar-refractivity contribution in [3.8, 4) is 0 Å². The summed E-state index contributed by atoms with van der Waals surface area (Å²) in [5.41, 5.74) is -0.458. The molecule has 0 amide bonds. The Morgan fingerprint density at radius 2 is 1.50 bits per heavy atom. The van der Waals surface area contributed by atoms with Gasteiger partial charge in [0, 0.05) is 0 Å². The molecule has 0 saturated heterocycles. The molecule has 0 heterocycles. The third kappa shape index (κ3) is 1.49. The Hall–Kier alpha value is -0.530. The Labute approximate surface area is 62.2 Å². The highest BCUT2D eigenvalue weighted by Gasteiger charge is 2.32. The molecule has 0 fully saturated rings. The van der Waals surface area contributed by atoms with Gasteiger partial charge in [-0.25, -0.2) is 0 Å². The van der Waals surface area contributed by atoms with Crippen molar-refractivity contribution in [3.05, 3.63) is 0 Å². The predicted molar refractivity (Wildman–Crippen MR) is 40.9 cm³/mol. The van der Waals surface area contributed by atoms with Crippen LogP contribution >= 0.6 is 0 Å². The Kier molecular flexibility index (Phi) is 3.40. The molecule has 2 heteroatoms. The summed E-state index contributed by atoms with van der Waals surface area (Å²) in [6.07, 6.45) is 2.19. The minimum atomic E-state index is -0.653. The van der Waals surface area contributed by atoms with Crippen LogP contribution in [0, 0.1) is 5.41 Å². The SMILES string of the molecule is CCC(CC)(CC)C(=O)O. The molecule has 0 spiro atoms. The highest BCUT2D eigenvalue weighted by atomic mass is 16.4. The van der Waals surface area contributed by atoms with Gasteiger partial charge in [-0.2, -0.15) is 0 Å². The molecule has 0 aromatic heterocycles. The minimum Gasteiger partial charge on any atom is -0.481 e. The first-order valence-electron chi connectivity index (χ1n) is 3.86. The molecular weight excluding hydrogens is 128 g/mol. The molecule has 0 unspecified atom stereocenters. The van der Waals surface area contributed by atoms with Crippen molar-refractivity contribution in [1.82, 2.24) is 0 Å². The van der Waals surface area contributed by atoms with Crippen molar-refractivity contribution in [1.29, 1.82) is 0 Å². The van der Waals surface area contributed by atoms with E-state index in [4.69, 9.17) is 5.11 Å². The van der Waals surface area contributed by atoms with E-state index in [2.05, 4.69) is 0 Å². The Morgan fingerprint density at radius 3 is 1.50 bits per heavy atom. The number of carboxylic acid groups (broad SMARTS) is 1. The first kappa shape index (κ1) is 9.47. The van der Waals surface area contributed by atoms with Crippen molar-refractivity contribution in [2.75, 3.05) is 0 Å². The van der Waals surface area contributed by atoms with Crippen molar-refractivity contribution in [3.63, 3.8) is 0 Å². The zero-order chi connectivity index (χ0) is 8.20. The maximum Gasteiger partial charge on any atom is 0.309 e. The molecule has 0 aliphatic rings. The van der Waals surface area contributed by atoms with Crippen LogP contribution < -0.4 is 0 Å². The van der Waals surface area contributed by atoms with Crippen molar-refractivity contribution in [2.45, 2.75) is 40.0 Å². The summed E-state index contributed by atoms with van der Waals surface area (Å²) in [5.74, 6) is -0.653. The van der Waals surface area contributed by atoms with Gasteiger partial charge in [0.05, 0.1) is 5.41 Å². The number of aliphatic carboxylic acids is 1. The minimum absolute atomic E-state index is 0.458. The molecule has 0 aromatic rings. The van der Waals surface area contributed by atoms with Gasteiger partial charge in [0.25, 0.3) is 0 Å². The second kappa shape index (κ2) is 3.59. The zero-order valence-electron chi connectivity index (χ0n) is 6.98. The number of hydrogen-bond acceptors (Lipinski definition) is 1. The van der Waals surface area contributed by atoms with E-state index in [1.54, 1.807) is 0 Å². The molecule has 0 saturated carbocycles. The van der Waals surface area contributed by atoms with Crippen LogP contribution in [0.2, 0.25) is 0 Å². The van der Waals surface area contributed by atoms with Crippen LogP contribution in [0.3, 0.4) is 0 Å². The third-order valence-corrected chi connectivity index (χ3v) is 2.48. The van der Waals surface area contributed by atoms with Crippen molar-refractivity contribution >= 4 is 5.97 Å². The fraction of sp³-hybridized carbons (Fsp3) is 0.875. The van der Waals surface area contributed by atoms with E-state index in [-0.39, 0.29) is 0 Å². The standard InChI is InChI=1S/C8H16O2/c1-4-8(5-2,6-3)7(9)10/h4-6H2,1-3H3,(H,9,10). The van der Waals surface area contributed by atoms with Crippen molar-refractivity contribution in [2.24, 2.45) is 5.41 Å². The number of carboxylic acids is 1. The van der Waals surface area contributed by atoms with Gasteiger partial charge >= 0.3 is 5.97 Å². The summed E-state index contributed by atoms with van der Waals surface area (Å²) >= 11 is 0. The van der Waals surface area contributed by atoms with Gasteiger partial charge in [-0.1, -0.05) is 20.8 Å². The normalized spacial score (nSPS) is 11.5. The number of carbonyl (C=O) groups is 1. The molecule has 60 valence electrons. The smallest absolute Gasteiger partial charge is 0.309 e. The van der Waals surface area contributed by atoms with E-state index >= 15 is 0 Å². The summed E-state index contributed by atoms with van der Waals surface area (Å²) in [6.45, 7) is 5.80. The number of hydrogen-bond donors (Lipinski definition) is 1. The van der Waals surface area contributed by atoms with Gasteiger partial charge in [-0.3, -0.25) is 4.79 Å². The molecule has 2 nitrogen and oxygen atoms in total. The first-order chi connectivity index (χ1) is 4.63. The lowest BCUT2D eigenvalue weighted by molar-refractivity contribution is -0.149. The molecule has 0 radical (unpaired) electrons. The van der Waals surface area contributed by atoms with Gasteiger partial charge in [0.15, 0.2) is 0 Å². The molecule has 0 aromatic carbocycles. The van der Waals surface area contributed by atoms with Gasteiger partial charge in [-0.15, -0.1) is 0 Å². The van der Waals surface area contributed by atoms with Gasteiger partial charge < -0.3 is 5.11 Å². The third-order valence-electron chi connectivity index (χ3n) is 2.48. The fourth-order valence-corrected chi connectivity index (χ4v) is 1.20. The van der Waals surface area contributed by atoms with Crippen LogP contribution in [0.1, 0.15) is 40.0 Å². The van der Waals surface area contributed by atoms with Crippen LogP contribution in [-0.2, 0) is 4.79 Å². The second-order valence-electron chi connectivity index (χ2n) is 2.65. The molecule has 1 N–H and O–H groups in total. The maximum atomic E-state index is 10.7. The van der Waals surface area contributed by atoms with E-state index in [9.17, 15) is 4.79 Å². The summed E-state index contributed by atoms with van der Waals surface area (Å²) < 4.78 is 0. The molecule has 0 rings (SSSR count). The Bertz CT molecular complexity index is 106. The van der Waals surface area contributed by atoms with E-state index in [1.165, 1.54) is 0 Å². The van der Waals surface area contributed by atoms with E-state index in [0.29, 0.717) is 0 Å². The summed E-state index contributed by atoms with van der Waals surface area (Å²) in [5, 5.41) is 8.82. The molecule has 0 aliphatic heterocycles. The Morgan fingerprint density at radius 1 is 1.20 bits per heavy atom. The van der Waals surface area contributed by atoms with Crippen LogP contribution in [0.4, 0.5) is 0 Å². The zero-order valence-corrected chi connectivity index (χ0v) is 6.98. The molecule has 0 bridgehead atoms. The van der Waals surface area contributed by atoms with E-state index in [1.807, 2.05) is 20.8 Å². The Balaban J connectivity index is 4.31. The van der Waals surface area contributed by atoms with Crippen LogP contribution in [0.15, 0.2) is 0 Å². The average Bonchev–Trinajstić information content (AvgIpc) is 1.92. The molecule has 0 aliphatic carbocycles. The fourth-order valence-electron chi connectivity index (χ4n) is 1.20. The monoisotopic (exact) mass is 144 g/mol. The van der Waals surface area contributed by atoms with Gasteiger partial charge in [0.1, 0.15) is 0 Å². The summed E-state index contributed by atoms with van der Waals surface area (Å²) in [4.78, 5) is 10.7. The lowest BCUT2D eigenvalue weighted by Gasteiger charge is -2.24. The van der Waals surface area contributed by atoms with Crippen LogP contribution in [-0.4, -0.2) is 11.1 Å². The maximum absolute atomic E-state index is 10.7. The second-order valence-corrected chi connectivity index (χ2v) is 2.65. The van der Waals surface area contributed by atoms with Crippen molar-refractivity contribution < 1.29 is 9.90 Å². The highest BCUT2D eigenvalue weighted by Crippen LogP contribution is 2.30. The molecular formula is C8H16O2. The largest absolute Gasteiger partial charge is 0.481 e. The highest BCUT2D eigenvalue weighted by molar-refractivity contribution is 5.74. The first-order valence-corrected chi connectivity index (χ1v) is 3.86. The van der Waals surface area contributed by atoms with Crippen LogP contribution in [0.5, 0.6) is 0 Å². The molecule has 0 atom stereocenters.